The van der Waals surface area contributed by atoms with E-state index in [-0.39, 0.29) is 0 Å². The van der Waals surface area contributed by atoms with Gasteiger partial charge in [-0.15, -0.1) is 0 Å². The summed E-state index contributed by atoms with van der Waals surface area (Å²) in [4.78, 5) is 6.04. The van der Waals surface area contributed by atoms with Crippen LogP contribution >= 0.6 is 11.6 Å². The zero-order valence-corrected chi connectivity index (χ0v) is 13.0. The molecule has 1 N–H and O–H groups in total. The molecule has 23 heavy (non-hydrogen) atoms. The lowest BCUT2D eigenvalue weighted by Crippen LogP contribution is -2.30. The van der Waals surface area contributed by atoms with Gasteiger partial charge in [0.05, 0.1) is 17.1 Å². The van der Waals surface area contributed by atoms with Gasteiger partial charge in [0, 0.05) is 24.0 Å². The van der Waals surface area contributed by atoms with Crippen LogP contribution in [0.15, 0.2) is 36.5 Å². The van der Waals surface area contributed by atoms with E-state index in [1.54, 1.807) is 30.5 Å². The molecule has 0 spiro atoms. The molecule has 0 amide bonds. The summed E-state index contributed by atoms with van der Waals surface area (Å²) in [6, 6.07) is 12.6. The van der Waals surface area contributed by atoms with Crippen molar-refractivity contribution in [2.75, 3.05) is 18.0 Å². The van der Waals surface area contributed by atoms with Crippen LogP contribution in [0, 0.1) is 22.7 Å². The molecule has 1 aromatic heterocycles. The lowest BCUT2D eigenvalue weighted by atomic mass is 9.94. The van der Waals surface area contributed by atoms with Crippen LogP contribution in [-0.4, -0.2) is 23.2 Å². The number of aromatic nitrogens is 1. The van der Waals surface area contributed by atoms with Crippen LogP contribution in [0.25, 0.3) is 0 Å². The summed E-state index contributed by atoms with van der Waals surface area (Å²) >= 11 is 6.08. The summed E-state index contributed by atoms with van der Waals surface area (Å²) < 4.78 is 0. The number of anilines is 1. The van der Waals surface area contributed by atoms with E-state index in [9.17, 15) is 5.11 Å². The predicted molar refractivity (Wildman–Crippen MR) is 85.8 cm³/mol. The highest BCUT2D eigenvalue weighted by Gasteiger charge is 2.38. The number of benzene rings is 1. The molecule has 1 atom stereocenters. The van der Waals surface area contributed by atoms with E-state index in [0.717, 1.165) is 5.69 Å². The first-order chi connectivity index (χ1) is 11.1. The Labute approximate surface area is 139 Å². The summed E-state index contributed by atoms with van der Waals surface area (Å²) in [7, 11) is 0. The molecule has 0 aliphatic carbocycles. The third-order valence-corrected chi connectivity index (χ3v) is 4.41. The topological polar surface area (TPSA) is 83.9 Å². The van der Waals surface area contributed by atoms with Crippen molar-refractivity contribution in [2.24, 2.45) is 0 Å². The van der Waals surface area contributed by atoms with Crippen LogP contribution in [0.4, 0.5) is 5.69 Å². The standard InChI is InChI=1S/C17H13ClN4O/c18-16-7-15(4-1-12(16)8-19)22-6-5-17(23,11-22)13-2-3-14(9-20)21-10-13/h1-4,7,10,23H,5-6,11H2. The molecule has 2 heterocycles. The van der Waals surface area contributed by atoms with Crippen molar-refractivity contribution in [3.8, 4) is 12.1 Å². The van der Waals surface area contributed by atoms with E-state index in [0.29, 0.717) is 41.4 Å². The second-order valence-corrected chi connectivity index (χ2v) is 5.93. The number of nitrogens with zero attached hydrogens (tertiary/aromatic N) is 4. The van der Waals surface area contributed by atoms with Crippen molar-refractivity contribution in [3.63, 3.8) is 0 Å². The zero-order chi connectivity index (χ0) is 16.4. The fourth-order valence-electron chi connectivity index (χ4n) is 2.78. The maximum Gasteiger partial charge on any atom is 0.140 e. The van der Waals surface area contributed by atoms with Gasteiger partial charge >= 0.3 is 0 Å². The summed E-state index contributed by atoms with van der Waals surface area (Å²) in [5.41, 5.74) is 1.30. The second-order valence-electron chi connectivity index (χ2n) is 5.52. The van der Waals surface area contributed by atoms with E-state index in [4.69, 9.17) is 22.1 Å². The van der Waals surface area contributed by atoms with Gasteiger partial charge in [-0.3, -0.25) is 0 Å². The highest BCUT2D eigenvalue weighted by atomic mass is 35.5. The summed E-state index contributed by atoms with van der Waals surface area (Å²) in [6.45, 7) is 1.07. The van der Waals surface area contributed by atoms with Gasteiger partial charge in [0.1, 0.15) is 23.4 Å². The molecule has 0 radical (unpaired) electrons. The van der Waals surface area contributed by atoms with E-state index < -0.39 is 5.60 Å². The fourth-order valence-corrected chi connectivity index (χ4v) is 2.99. The minimum absolute atomic E-state index is 0.325. The molecule has 1 saturated heterocycles. The van der Waals surface area contributed by atoms with Gasteiger partial charge in [-0.2, -0.15) is 10.5 Å². The van der Waals surface area contributed by atoms with E-state index >= 15 is 0 Å². The highest BCUT2D eigenvalue weighted by Crippen LogP contribution is 2.35. The zero-order valence-electron chi connectivity index (χ0n) is 12.2. The molecule has 1 fully saturated rings. The average molecular weight is 325 g/mol. The third kappa shape index (κ3) is 2.85. The quantitative estimate of drug-likeness (QED) is 0.917. The second kappa shape index (κ2) is 5.89. The first-order valence-electron chi connectivity index (χ1n) is 7.09. The van der Waals surface area contributed by atoms with E-state index in [1.165, 1.54) is 0 Å². The molecule has 1 aromatic carbocycles. The number of β-amino-alcohol motifs (C(OH)–C–C–N with tert-alkyl or cyclic N) is 1. The first kappa shape index (κ1) is 15.3. The molecule has 0 bridgehead atoms. The van der Waals surface area contributed by atoms with Crippen molar-refractivity contribution in [1.82, 2.24) is 4.98 Å². The van der Waals surface area contributed by atoms with Crippen molar-refractivity contribution >= 4 is 17.3 Å². The fraction of sp³-hybridized carbons (Fsp3) is 0.235. The first-order valence-corrected chi connectivity index (χ1v) is 7.47. The lowest BCUT2D eigenvalue weighted by molar-refractivity contribution is 0.0603. The maximum atomic E-state index is 10.9. The highest BCUT2D eigenvalue weighted by molar-refractivity contribution is 6.32. The molecular weight excluding hydrogens is 312 g/mol. The number of pyridine rings is 1. The molecule has 6 heteroatoms. The van der Waals surface area contributed by atoms with Crippen LogP contribution in [0.2, 0.25) is 5.02 Å². The monoisotopic (exact) mass is 324 g/mol. The van der Waals surface area contributed by atoms with Crippen molar-refractivity contribution in [2.45, 2.75) is 12.0 Å². The Kier molecular flexibility index (Phi) is 3.92. The van der Waals surface area contributed by atoms with Crippen LogP contribution in [0.1, 0.15) is 23.2 Å². The lowest BCUT2D eigenvalue weighted by Gasteiger charge is -2.24. The van der Waals surface area contributed by atoms with Crippen LogP contribution in [-0.2, 0) is 5.60 Å². The van der Waals surface area contributed by atoms with Gasteiger partial charge in [-0.1, -0.05) is 17.7 Å². The number of hydrogen-bond acceptors (Lipinski definition) is 5. The van der Waals surface area contributed by atoms with Gasteiger partial charge in [0.15, 0.2) is 0 Å². The number of rotatable bonds is 2. The van der Waals surface area contributed by atoms with Crippen molar-refractivity contribution < 1.29 is 5.11 Å². The molecule has 1 aliphatic heterocycles. The SMILES string of the molecule is N#Cc1ccc(C2(O)CCN(c3ccc(C#N)c(Cl)c3)C2)cn1. The van der Waals surface area contributed by atoms with E-state index in [1.807, 2.05) is 23.1 Å². The molecular formula is C17H13ClN4O. The third-order valence-electron chi connectivity index (χ3n) is 4.10. The largest absolute Gasteiger partial charge is 0.383 e. The minimum Gasteiger partial charge on any atom is -0.383 e. The molecule has 5 nitrogen and oxygen atoms in total. The molecule has 3 rings (SSSR count). The summed E-state index contributed by atoms with van der Waals surface area (Å²) in [5.74, 6) is 0. The molecule has 1 unspecified atom stereocenters. The summed E-state index contributed by atoms with van der Waals surface area (Å²) in [5, 5.41) is 29.0. The van der Waals surface area contributed by atoms with Crippen molar-refractivity contribution in [3.05, 3.63) is 58.4 Å². The van der Waals surface area contributed by atoms with Crippen LogP contribution in [0.5, 0.6) is 0 Å². The molecule has 0 saturated carbocycles. The Bertz CT molecular complexity index is 822. The number of nitriles is 2. The van der Waals surface area contributed by atoms with Crippen LogP contribution < -0.4 is 4.90 Å². The minimum atomic E-state index is -1.01. The van der Waals surface area contributed by atoms with Gasteiger partial charge in [-0.25, -0.2) is 4.98 Å². The number of hydrogen-bond donors (Lipinski definition) is 1. The average Bonchev–Trinajstić information content (AvgIpc) is 2.98. The summed E-state index contributed by atoms with van der Waals surface area (Å²) in [6.07, 6.45) is 2.10. The molecule has 114 valence electrons. The Morgan fingerprint density at radius 2 is 2.04 bits per heavy atom. The van der Waals surface area contributed by atoms with E-state index in [2.05, 4.69) is 4.98 Å². The normalized spacial score (nSPS) is 20.1. The number of halogens is 1. The van der Waals surface area contributed by atoms with Gasteiger partial charge < -0.3 is 10.0 Å². The Morgan fingerprint density at radius 1 is 1.22 bits per heavy atom. The predicted octanol–water partition coefficient (Wildman–Crippen LogP) is 2.58. The number of aliphatic hydroxyl groups is 1. The Morgan fingerprint density at radius 3 is 2.65 bits per heavy atom. The van der Waals surface area contributed by atoms with Crippen molar-refractivity contribution in [1.29, 1.82) is 10.5 Å². The molecule has 2 aromatic rings. The van der Waals surface area contributed by atoms with Gasteiger partial charge in [0.2, 0.25) is 0 Å². The van der Waals surface area contributed by atoms with Gasteiger partial charge in [-0.05, 0) is 30.7 Å². The Hall–Kier alpha value is -2.60. The Balaban J connectivity index is 1.83. The smallest absolute Gasteiger partial charge is 0.140 e. The van der Waals surface area contributed by atoms with Gasteiger partial charge in [0.25, 0.3) is 0 Å². The van der Waals surface area contributed by atoms with Crippen LogP contribution in [0.3, 0.4) is 0 Å². The molecule has 1 aliphatic rings. The maximum absolute atomic E-state index is 10.9.